The molecule has 0 saturated carbocycles. The van der Waals surface area contributed by atoms with Crippen molar-refractivity contribution in [2.75, 3.05) is 7.11 Å². The largest absolute Gasteiger partial charge is 0.492 e. The fourth-order valence-corrected chi connectivity index (χ4v) is 2.71. The quantitative estimate of drug-likeness (QED) is 0.603. The summed E-state index contributed by atoms with van der Waals surface area (Å²) in [7, 11) is 1.46. The third kappa shape index (κ3) is 1.94. The molecule has 0 unspecified atom stereocenters. The molecule has 113 valence electrons. The van der Waals surface area contributed by atoms with Crippen molar-refractivity contribution in [3.8, 4) is 17.0 Å². The van der Waals surface area contributed by atoms with Crippen LogP contribution in [0.5, 0.6) is 5.75 Å². The van der Waals surface area contributed by atoms with E-state index in [-0.39, 0.29) is 11.3 Å². The fourth-order valence-electron chi connectivity index (χ4n) is 2.71. The second kappa shape index (κ2) is 4.84. The maximum atomic E-state index is 11.8. The molecule has 3 heterocycles. The average Bonchev–Trinajstić information content (AvgIpc) is 3.21. The summed E-state index contributed by atoms with van der Waals surface area (Å²) in [6, 6.07) is 9.53. The number of aromatic amines is 1. The number of hydrogen-bond acceptors (Lipinski definition) is 4. The zero-order valence-corrected chi connectivity index (χ0v) is 12.2. The van der Waals surface area contributed by atoms with Gasteiger partial charge in [0.1, 0.15) is 0 Å². The van der Waals surface area contributed by atoms with Crippen LogP contribution in [0.2, 0.25) is 0 Å². The van der Waals surface area contributed by atoms with Gasteiger partial charge in [0.2, 0.25) is 6.33 Å². The Morgan fingerprint density at radius 1 is 1.35 bits per heavy atom. The minimum Gasteiger partial charge on any atom is -0.492 e. The van der Waals surface area contributed by atoms with E-state index in [1.807, 2.05) is 30.5 Å². The predicted molar refractivity (Wildman–Crippen MR) is 84.2 cm³/mol. The molecule has 0 aliphatic rings. The van der Waals surface area contributed by atoms with Gasteiger partial charge in [0.05, 0.1) is 18.4 Å². The third-order valence-corrected chi connectivity index (χ3v) is 3.78. The Labute approximate surface area is 130 Å². The Hall–Kier alpha value is -3.35. The van der Waals surface area contributed by atoms with E-state index in [1.165, 1.54) is 7.11 Å². The van der Waals surface area contributed by atoms with E-state index in [9.17, 15) is 4.79 Å². The number of primary amides is 1. The Morgan fingerprint density at radius 3 is 3.00 bits per heavy atom. The topological polar surface area (TPSA) is 98.3 Å². The van der Waals surface area contributed by atoms with Crippen LogP contribution in [0, 0.1) is 6.33 Å². The lowest BCUT2D eigenvalue weighted by molar-refractivity contribution is 0.0997. The first-order valence-corrected chi connectivity index (χ1v) is 6.90. The molecule has 4 rings (SSSR count). The number of carbonyl (C=O) groups excluding carboxylic acids is 1. The summed E-state index contributed by atoms with van der Waals surface area (Å²) in [6.07, 6.45) is 4.42. The second-order valence-corrected chi connectivity index (χ2v) is 5.07. The lowest BCUT2D eigenvalue weighted by Crippen LogP contribution is -2.14. The smallest absolute Gasteiger partial charge is 0.252 e. The summed E-state index contributed by atoms with van der Waals surface area (Å²) in [6.45, 7) is 0. The van der Waals surface area contributed by atoms with Gasteiger partial charge in [-0.25, -0.2) is 9.50 Å². The zero-order chi connectivity index (χ0) is 16.0. The van der Waals surface area contributed by atoms with E-state index in [0.29, 0.717) is 11.3 Å². The molecule has 0 aliphatic heterocycles. The van der Waals surface area contributed by atoms with Crippen LogP contribution in [0.1, 0.15) is 10.4 Å². The Bertz CT molecular complexity index is 1050. The highest BCUT2D eigenvalue weighted by Crippen LogP contribution is 2.31. The van der Waals surface area contributed by atoms with Crippen LogP contribution in [0.3, 0.4) is 0 Å². The van der Waals surface area contributed by atoms with Gasteiger partial charge in [-0.15, -0.1) is 5.10 Å². The van der Waals surface area contributed by atoms with Crippen molar-refractivity contribution in [1.82, 2.24) is 19.6 Å². The molecule has 0 aliphatic carbocycles. The number of ether oxygens (including phenoxy) is 1. The average molecular weight is 306 g/mol. The van der Waals surface area contributed by atoms with Crippen molar-refractivity contribution < 1.29 is 9.53 Å². The normalized spacial score (nSPS) is 11.2. The number of amides is 1. The molecule has 4 aromatic rings. The molecular formula is C16H12N5O2. The van der Waals surface area contributed by atoms with Crippen molar-refractivity contribution in [1.29, 1.82) is 0 Å². The number of nitrogens with one attached hydrogen (secondary N) is 1. The Morgan fingerprint density at radius 2 is 2.22 bits per heavy atom. The van der Waals surface area contributed by atoms with Gasteiger partial charge in [-0.2, -0.15) is 0 Å². The number of carbonyl (C=O) groups is 1. The molecule has 3 N–H and O–H groups in total. The van der Waals surface area contributed by atoms with Crippen LogP contribution in [-0.4, -0.2) is 32.6 Å². The van der Waals surface area contributed by atoms with Gasteiger partial charge in [-0.3, -0.25) is 4.79 Å². The highest BCUT2D eigenvalue weighted by Gasteiger charge is 2.19. The number of pyridine rings is 1. The van der Waals surface area contributed by atoms with Gasteiger partial charge in [-0.1, -0.05) is 6.07 Å². The third-order valence-electron chi connectivity index (χ3n) is 3.78. The highest BCUT2D eigenvalue weighted by atomic mass is 16.5. The van der Waals surface area contributed by atoms with Gasteiger partial charge in [0.25, 0.3) is 5.91 Å². The SMILES string of the molecule is COc1c(C(N)=O)cc(-c2ccc3[nH]ccc3c2)n2n[c]nc12. The van der Waals surface area contributed by atoms with E-state index in [4.69, 9.17) is 10.5 Å². The monoisotopic (exact) mass is 306 g/mol. The highest BCUT2D eigenvalue weighted by molar-refractivity contribution is 5.99. The molecule has 23 heavy (non-hydrogen) atoms. The number of H-pyrrole nitrogens is 1. The summed E-state index contributed by atoms with van der Waals surface area (Å²) >= 11 is 0. The first kappa shape index (κ1) is 13.3. The number of aromatic nitrogens is 4. The van der Waals surface area contributed by atoms with Crippen molar-refractivity contribution in [3.63, 3.8) is 0 Å². The van der Waals surface area contributed by atoms with Gasteiger partial charge in [0, 0.05) is 22.7 Å². The summed E-state index contributed by atoms with van der Waals surface area (Å²) < 4.78 is 6.86. The molecule has 7 heteroatoms. The number of nitrogens with zero attached hydrogens (tertiary/aromatic N) is 3. The van der Waals surface area contributed by atoms with Crippen LogP contribution in [-0.2, 0) is 0 Å². The van der Waals surface area contributed by atoms with E-state index in [0.717, 1.165) is 16.5 Å². The number of fused-ring (bicyclic) bond motifs is 2. The van der Waals surface area contributed by atoms with Crippen LogP contribution in [0.4, 0.5) is 0 Å². The van der Waals surface area contributed by atoms with Crippen molar-refractivity contribution in [2.24, 2.45) is 5.73 Å². The minimum atomic E-state index is -0.587. The van der Waals surface area contributed by atoms with E-state index in [1.54, 1.807) is 10.6 Å². The van der Waals surface area contributed by atoms with Crippen molar-refractivity contribution >= 4 is 22.5 Å². The molecule has 0 spiro atoms. The number of hydrogen-bond donors (Lipinski definition) is 2. The zero-order valence-electron chi connectivity index (χ0n) is 12.2. The lowest BCUT2D eigenvalue weighted by Gasteiger charge is -2.11. The maximum absolute atomic E-state index is 11.8. The number of nitrogens with two attached hydrogens (primary N) is 1. The van der Waals surface area contributed by atoms with Crippen molar-refractivity contribution in [3.05, 3.63) is 48.4 Å². The van der Waals surface area contributed by atoms with Crippen LogP contribution in [0.25, 0.3) is 27.8 Å². The molecule has 1 radical (unpaired) electrons. The lowest BCUT2D eigenvalue weighted by atomic mass is 10.1. The van der Waals surface area contributed by atoms with Crippen molar-refractivity contribution in [2.45, 2.75) is 0 Å². The Kier molecular flexibility index (Phi) is 2.80. The summed E-state index contributed by atoms with van der Waals surface area (Å²) in [5.41, 5.74) is 8.72. The van der Waals surface area contributed by atoms with Crippen LogP contribution >= 0.6 is 0 Å². The fraction of sp³-hybridized carbons (Fsp3) is 0.0625. The summed E-state index contributed by atoms with van der Waals surface area (Å²) in [5.74, 6) is -0.297. The summed E-state index contributed by atoms with van der Waals surface area (Å²) in [4.78, 5) is 19.0. The molecule has 0 fully saturated rings. The predicted octanol–water partition coefficient (Wildman–Crippen LogP) is 1.79. The molecule has 0 atom stereocenters. The van der Waals surface area contributed by atoms with Crippen LogP contribution < -0.4 is 10.5 Å². The molecule has 0 saturated heterocycles. The van der Waals surface area contributed by atoms with Crippen LogP contribution in [0.15, 0.2) is 36.5 Å². The van der Waals surface area contributed by atoms with E-state index >= 15 is 0 Å². The summed E-state index contributed by atoms with van der Waals surface area (Å²) in [5, 5.41) is 5.16. The van der Waals surface area contributed by atoms with Gasteiger partial charge in [-0.05, 0) is 24.3 Å². The number of rotatable bonds is 3. The second-order valence-electron chi connectivity index (χ2n) is 5.07. The molecule has 3 aromatic heterocycles. The Balaban J connectivity index is 2.06. The number of benzene rings is 1. The molecule has 1 amide bonds. The van der Waals surface area contributed by atoms with E-state index in [2.05, 4.69) is 21.4 Å². The first-order valence-electron chi connectivity index (χ1n) is 6.90. The molecule has 1 aromatic carbocycles. The minimum absolute atomic E-state index is 0.255. The number of methoxy groups -OCH3 is 1. The maximum Gasteiger partial charge on any atom is 0.252 e. The first-order chi connectivity index (χ1) is 11.2. The van der Waals surface area contributed by atoms with E-state index < -0.39 is 5.91 Å². The van der Waals surface area contributed by atoms with Gasteiger partial charge < -0.3 is 15.5 Å². The molecule has 7 nitrogen and oxygen atoms in total. The standard InChI is InChI=1S/C16H12N5O2/c1-23-14-11(15(17)22)7-13(21-16(14)19-8-20-21)10-2-3-12-9(6-10)4-5-18-12/h2-7,18H,1H3,(H2,17,22). The molecular weight excluding hydrogens is 294 g/mol. The van der Waals surface area contributed by atoms with Gasteiger partial charge in [0.15, 0.2) is 11.4 Å². The van der Waals surface area contributed by atoms with Gasteiger partial charge >= 0.3 is 0 Å². The molecule has 0 bridgehead atoms.